The maximum absolute atomic E-state index is 11.3. The van der Waals surface area contributed by atoms with Gasteiger partial charge in [-0.1, -0.05) is 23.2 Å². The van der Waals surface area contributed by atoms with E-state index >= 15 is 0 Å². The lowest BCUT2D eigenvalue weighted by Gasteiger charge is -2.21. The van der Waals surface area contributed by atoms with Gasteiger partial charge in [-0.2, -0.15) is 0 Å². The highest BCUT2D eigenvalue weighted by Gasteiger charge is 2.34. The summed E-state index contributed by atoms with van der Waals surface area (Å²) in [7, 11) is 0. The van der Waals surface area contributed by atoms with Crippen molar-refractivity contribution in [2.24, 2.45) is 5.73 Å². The monoisotopic (exact) mass is 312 g/mol. The smallest absolute Gasteiger partial charge is 0.332 e. The molecule has 0 amide bonds. The number of hydrogen-bond acceptors (Lipinski definition) is 6. The molecular weight excluding hydrogens is 296 g/mol. The number of carbonyl (C=O) groups is 1. The highest BCUT2D eigenvalue weighted by Crippen LogP contribution is 2.20. The lowest BCUT2D eigenvalue weighted by molar-refractivity contribution is -0.522. The topological polar surface area (TPSA) is 153 Å². The molecular formula is C12H16N4O6. The minimum Gasteiger partial charge on any atom is -0.480 e. The molecule has 0 radical (unpaired) electrons. The molecule has 1 unspecified atom stereocenters. The van der Waals surface area contributed by atoms with E-state index in [2.05, 4.69) is 0 Å². The quantitative estimate of drug-likeness (QED) is 0.387. The van der Waals surface area contributed by atoms with Gasteiger partial charge in [-0.15, -0.1) is 0 Å². The molecule has 10 heteroatoms. The lowest BCUT2D eigenvalue weighted by atomic mass is 10.1. The van der Waals surface area contributed by atoms with Crippen LogP contribution in [0.15, 0.2) is 30.3 Å². The van der Waals surface area contributed by atoms with Crippen LogP contribution in [0.25, 0.3) is 0 Å². The van der Waals surface area contributed by atoms with Crippen molar-refractivity contribution < 1.29 is 19.9 Å². The fourth-order valence-electron chi connectivity index (χ4n) is 1.94. The molecule has 0 heterocycles. The van der Waals surface area contributed by atoms with E-state index in [1.807, 2.05) is 0 Å². The second-order valence-electron chi connectivity index (χ2n) is 4.56. The van der Waals surface area contributed by atoms with Crippen LogP contribution in [-0.2, 0) is 4.79 Å². The van der Waals surface area contributed by atoms with Crippen LogP contribution in [0.1, 0.15) is 19.3 Å². The first kappa shape index (κ1) is 17.3. The van der Waals surface area contributed by atoms with Gasteiger partial charge in [0.2, 0.25) is 0 Å². The van der Waals surface area contributed by atoms with Crippen molar-refractivity contribution in [3.05, 3.63) is 50.6 Å². The van der Waals surface area contributed by atoms with Gasteiger partial charge in [0.15, 0.2) is 11.1 Å². The Hall–Kier alpha value is -2.75. The van der Waals surface area contributed by atoms with E-state index in [9.17, 15) is 30.1 Å². The number of carboxylic acid groups (broad SMARTS) is 1. The summed E-state index contributed by atoms with van der Waals surface area (Å²) in [4.78, 5) is 32.2. The summed E-state index contributed by atoms with van der Waals surface area (Å²) in [6.07, 6.45) is -1.42. The molecule has 2 atom stereocenters. The minimum atomic E-state index is -1.43. The molecule has 0 saturated carbocycles. The number of carboxylic acids is 1. The van der Waals surface area contributed by atoms with Gasteiger partial charge in [0.25, 0.3) is 6.17 Å². The van der Waals surface area contributed by atoms with Crippen LogP contribution in [0.2, 0.25) is 0 Å². The Bertz CT molecular complexity index is 538. The molecule has 1 rings (SSSR count). The summed E-state index contributed by atoms with van der Waals surface area (Å²) < 4.78 is 0. The van der Waals surface area contributed by atoms with Crippen molar-refractivity contribution >= 4 is 11.7 Å². The third-order valence-electron chi connectivity index (χ3n) is 3.03. The standard InChI is InChI=1S/C12H16N4O6/c13-11(15(19)20)8-4-7-10(12(17)18)14(16(21)22)9-5-2-1-3-6-9/h1-3,5-6,10-11H,4,7-8,13H2,(H,17,18)/t10-,11?/m0/s1. The first-order valence-electron chi connectivity index (χ1n) is 6.45. The van der Waals surface area contributed by atoms with Crippen LogP contribution in [0.5, 0.6) is 0 Å². The Morgan fingerprint density at radius 3 is 2.27 bits per heavy atom. The first-order chi connectivity index (χ1) is 10.3. The molecule has 0 aliphatic heterocycles. The Balaban J connectivity index is 2.85. The van der Waals surface area contributed by atoms with Gasteiger partial charge in [0, 0.05) is 11.3 Å². The number of aliphatic carboxylic acids is 1. The van der Waals surface area contributed by atoms with E-state index < -0.39 is 28.1 Å². The minimum absolute atomic E-state index is 0.0584. The molecule has 0 aliphatic rings. The van der Waals surface area contributed by atoms with Gasteiger partial charge >= 0.3 is 5.97 Å². The summed E-state index contributed by atoms with van der Waals surface area (Å²) in [6.45, 7) is 0. The molecule has 120 valence electrons. The number of nitro groups is 2. The Kier molecular flexibility index (Phi) is 6.20. The average Bonchev–Trinajstić information content (AvgIpc) is 2.46. The molecule has 0 aliphatic carbocycles. The van der Waals surface area contributed by atoms with Gasteiger partial charge in [0.05, 0.1) is 0 Å². The van der Waals surface area contributed by atoms with E-state index in [1.54, 1.807) is 18.2 Å². The van der Waals surface area contributed by atoms with Crippen LogP contribution in [-0.4, -0.2) is 33.2 Å². The molecule has 0 aromatic heterocycles. The largest absolute Gasteiger partial charge is 0.480 e. The molecule has 0 spiro atoms. The number of hydrogen-bond donors (Lipinski definition) is 2. The Morgan fingerprint density at radius 1 is 1.23 bits per heavy atom. The van der Waals surface area contributed by atoms with Crippen molar-refractivity contribution in [1.82, 2.24) is 0 Å². The van der Waals surface area contributed by atoms with E-state index in [1.165, 1.54) is 12.1 Å². The van der Waals surface area contributed by atoms with Crippen molar-refractivity contribution in [2.45, 2.75) is 31.5 Å². The first-order valence-corrected chi connectivity index (χ1v) is 6.45. The zero-order valence-corrected chi connectivity index (χ0v) is 11.6. The normalized spacial score (nSPS) is 13.1. The van der Waals surface area contributed by atoms with Crippen LogP contribution in [0, 0.1) is 20.2 Å². The predicted molar refractivity (Wildman–Crippen MR) is 76.2 cm³/mol. The number of nitrogens with zero attached hydrogens (tertiary/aromatic N) is 3. The van der Waals surface area contributed by atoms with E-state index in [0.717, 1.165) is 0 Å². The summed E-state index contributed by atoms with van der Waals surface area (Å²) in [5.74, 6) is -1.38. The molecule has 10 nitrogen and oxygen atoms in total. The third-order valence-corrected chi connectivity index (χ3v) is 3.03. The predicted octanol–water partition coefficient (Wildman–Crippen LogP) is 0.870. The summed E-state index contributed by atoms with van der Waals surface area (Å²) >= 11 is 0. The zero-order chi connectivity index (χ0) is 16.7. The number of benzene rings is 1. The summed E-state index contributed by atoms with van der Waals surface area (Å²) in [5.41, 5.74) is 5.36. The summed E-state index contributed by atoms with van der Waals surface area (Å²) in [6, 6.07) is 6.15. The van der Waals surface area contributed by atoms with Crippen LogP contribution in [0.4, 0.5) is 5.69 Å². The van der Waals surface area contributed by atoms with Gasteiger partial charge in [-0.25, -0.2) is 14.9 Å². The highest BCUT2D eigenvalue weighted by atomic mass is 16.7. The SMILES string of the molecule is NC(CCC[C@@H](C(=O)O)N(c1ccccc1)[N+](=O)[O-])[N+](=O)[O-]. The lowest BCUT2D eigenvalue weighted by Crippen LogP contribution is -2.45. The molecule has 1 aromatic rings. The number of hydrazine groups is 1. The van der Waals surface area contributed by atoms with Crippen LogP contribution >= 0.6 is 0 Å². The molecule has 0 bridgehead atoms. The molecule has 0 saturated heterocycles. The number of rotatable bonds is 9. The Labute approximate surface area is 125 Å². The van der Waals surface area contributed by atoms with Crippen molar-refractivity contribution in [3.63, 3.8) is 0 Å². The van der Waals surface area contributed by atoms with Crippen LogP contribution < -0.4 is 10.7 Å². The molecule has 1 aromatic carbocycles. The van der Waals surface area contributed by atoms with Crippen LogP contribution in [0.3, 0.4) is 0 Å². The second-order valence-corrected chi connectivity index (χ2v) is 4.56. The maximum Gasteiger partial charge on any atom is 0.332 e. The molecule has 0 fully saturated rings. The Morgan fingerprint density at radius 2 is 1.82 bits per heavy atom. The van der Waals surface area contributed by atoms with Crippen molar-refractivity contribution in [3.8, 4) is 0 Å². The summed E-state index contributed by atoms with van der Waals surface area (Å²) in [5, 5.41) is 30.6. The van der Waals surface area contributed by atoms with E-state index in [4.69, 9.17) is 5.73 Å². The second kappa shape index (κ2) is 7.88. The molecule has 3 N–H and O–H groups in total. The maximum atomic E-state index is 11.3. The number of para-hydroxylation sites is 1. The number of nitrogens with two attached hydrogens (primary N) is 1. The zero-order valence-electron chi connectivity index (χ0n) is 11.6. The average molecular weight is 312 g/mol. The highest BCUT2D eigenvalue weighted by molar-refractivity contribution is 5.77. The van der Waals surface area contributed by atoms with E-state index in [-0.39, 0.29) is 24.9 Å². The van der Waals surface area contributed by atoms with Gasteiger partial charge < -0.3 is 5.11 Å². The van der Waals surface area contributed by atoms with Gasteiger partial charge in [-0.3, -0.25) is 15.8 Å². The fourth-order valence-corrected chi connectivity index (χ4v) is 1.94. The fraction of sp³-hybridized carbons (Fsp3) is 0.417. The third kappa shape index (κ3) is 4.66. The van der Waals surface area contributed by atoms with Gasteiger partial charge in [-0.05, 0) is 25.0 Å². The molecule has 22 heavy (non-hydrogen) atoms. The van der Waals surface area contributed by atoms with Crippen molar-refractivity contribution in [1.29, 1.82) is 0 Å². The van der Waals surface area contributed by atoms with Crippen molar-refractivity contribution in [2.75, 3.05) is 5.01 Å². The van der Waals surface area contributed by atoms with E-state index in [0.29, 0.717) is 5.01 Å². The number of anilines is 1. The van der Waals surface area contributed by atoms with Gasteiger partial charge in [0.1, 0.15) is 5.69 Å².